The molecule has 1 atom stereocenters. The van der Waals surface area contributed by atoms with Gasteiger partial charge in [-0.1, -0.05) is 54.6 Å². The zero-order chi connectivity index (χ0) is 26.9. The van der Waals surface area contributed by atoms with Gasteiger partial charge in [0.05, 0.1) is 11.4 Å². The average molecular weight is 529 g/mol. The molecular weight excluding hydrogens is 500 g/mol. The quantitative estimate of drug-likeness (QED) is 0.232. The Bertz CT molecular complexity index is 1390. The Hall–Kier alpha value is -4.63. The number of carbonyl (C=O) groups is 3. The van der Waals surface area contributed by atoms with Crippen LogP contribution in [0.3, 0.4) is 0 Å². The third-order valence-electron chi connectivity index (χ3n) is 5.81. The summed E-state index contributed by atoms with van der Waals surface area (Å²) in [4.78, 5) is 38.6. The minimum atomic E-state index is -1.03. The highest BCUT2D eigenvalue weighted by atomic mass is 32.1. The van der Waals surface area contributed by atoms with E-state index < -0.39 is 18.1 Å². The number of nitrogens with one attached hydrogen (secondary N) is 3. The highest BCUT2D eigenvalue weighted by molar-refractivity contribution is 7.13. The molecule has 0 aliphatic rings. The van der Waals surface area contributed by atoms with E-state index in [4.69, 9.17) is 10.5 Å². The highest BCUT2D eigenvalue weighted by Gasteiger charge is 2.22. The van der Waals surface area contributed by atoms with Gasteiger partial charge in [0.2, 0.25) is 0 Å². The number of hydrogen-bond acceptors (Lipinski definition) is 6. The van der Waals surface area contributed by atoms with E-state index in [1.54, 1.807) is 41.7 Å². The van der Waals surface area contributed by atoms with Crippen LogP contribution in [-0.2, 0) is 22.5 Å². The van der Waals surface area contributed by atoms with Crippen molar-refractivity contribution in [3.63, 3.8) is 0 Å². The molecular formula is C29H28N4O4S. The van der Waals surface area contributed by atoms with Crippen LogP contribution >= 0.6 is 11.3 Å². The molecule has 9 heteroatoms. The fourth-order valence-corrected chi connectivity index (χ4v) is 4.48. The van der Waals surface area contributed by atoms with E-state index in [0.29, 0.717) is 16.9 Å². The molecule has 3 aromatic carbocycles. The summed E-state index contributed by atoms with van der Waals surface area (Å²) >= 11 is 1.60. The Labute approximate surface area is 224 Å². The minimum absolute atomic E-state index is 0.149. The molecule has 0 aliphatic heterocycles. The standard InChI is InChI=1S/C29H28N4O4S/c1-31-28(35)25(37-29(36)32-18-20-6-3-2-4-7-20)16-19-9-11-21(12-10-19)27(34)33-24-17-22(13-14-23(24)30)26-8-5-15-38-26/h2-15,17,25H,16,18,30H2,1H3,(H,31,35)(H,32,36)(H,33,34)/t25-/m0/s1. The molecule has 0 bridgehead atoms. The lowest BCUT2D eigenvalue weighted by Crippen LogP contribution is -2.40. The summed E-state index contributed by atoms with van der Waals surface area (Å²) in [7, 11) is 1.48. The maximum Gasteiger partial charge on any atom is 0.408 e. The van der Waals surface area contributed by atoms with Gasteiger partial charge in [-0.2, -0.15) is 0 Å². The van der Waals surface area contributed by atoms with Crippen molar-refractivity contribution in [2.24, 2.45) is 0 Å². The average Bonchev–Trinajstić information content (AvgIpc) is 3.48. The number of likely N-dealkylation sites (N-methyl/N-ethyl adjacent to an activating group) is 1. The summed E-state index contributed by atoms with van der Waals surface area (Å²) in [6.45, 7) is 0.282. The van der Waals surface area contributed by atoms with Crippen LogP contribution in [0.2, 0.25) is 0 Å². The second-order valence-electron chi connectivity index (χ2n) is 8.48. The van der Waals surface area contributed by atoms with Gasteiger partial charge in [-0.05, 0) is 52.4 Å². The molecule has 5 N–H and O–H groups in total. The molecule has 1 aromatic heterocycles. The lowest BCUT2D eigenvalue weighted by Gasteiger charge is -2.17. The third kappa shape index (κ3) is 6.98. The van der Waals surface area contributed by atoms with Crippen molar-refractivity contribution in [2.45, 2.75) is 19.1 Å². The summed E-state index contributed by atoms with van der Waals surface area (Å²) in [5.74, 6) is -0.742. The summed E-state index contributed by atoms with van der Waals surface area (Å²) < 4.78 is 5.39. The van der Waals surface area contributed by atoms with Crippen molar-refractivity contribution < 1.29 is 19.1 Å². The summed E-state index contributed by atoms with van der Waals surface area (Å²) in [5.41, 5.74) is 10.1. The van der Waals surface area contributed by atoms with Crippen LogP contribution < -0.4 is 21.7 Å². The zero-order valence-corrected chi connectivity index (χ0v) is 21.6. The molecule has 0 aliphatic carbocycles. The number of ether oxygens (including phenoxy) is 1. The molecule has 8 nitrogen and oxygen atoms in total. The molecule has 38 heavy (non-hydrogen) atoms. The number of anilines is 2. The Morgan fingerprint density at radius 2 is 1.68 bits per heavy atom. The molecule has 0 fully saturated rings. The number of rotatable bonds is 9. The fraction of sp³-hybridized carbons (Fsp3) is 0.138. The Balaban J connectivity index is 1.38. The molecule has 0 saturated heterocycles. The van der Waals surface area contributed by atoms with Crippen LogP contribution in [0, 0.1) is 0 Å². The summed E-state index contributed by atoms with van der Waals surface area (Å²) in [6, 6.07) is 25.6. The van der Waals surface area contributed by atoms with E-state index >= 15 is 0 Å². The van der Waals surface area contributed by atoms with Gasteiger partial charge < -0.3 is 26.4 Å². The van der Waals surface area contributed by atoms with Crippen molar-refractivity contribution in [1.82, 2.24) is 10.6 Å². The van der Waals surface area contributed by atoms with Gasteiger partial charge in [0.1, 0.15) is 0 Å². The van der Waals surface area contributed by atoms with Crippen molar-refractivity contribution >= 4 is 40.6 Å². The SMILES string of the molecule is CNC(=O)[C@H](Cc1ccc(C(=O)Nc2cc(-c3cccs3)ccc2N)cc1)OC(=O)NCc1ccccc1. The van der Waals surface area contributed by atoms with Gasteiger partial charge in [-0.25, -0.2) is 4.79 Å². The number of hydrogen-bond donors (Lipinski definition) is 4. The number of benzene rings is 3. The largest absolute Gasteiger partial charge is 0.436 e. The fourth-order valence-electron chi connectivity index (χ4n) is 3.75. The Morgan fingerprint density at radius 1 is 0.921 bits per heavy atom. The first kappa shape index (κ1) is 26.4. The first-order chi connectivity index (χ1) is 18.4. The molecule has 0 unspecified atom stereocenters. The number of thiophene rings is 1. The molecule has 3 amide bonds. The number of alkyl carbamates (subject to hydrolysis) is 1. The van der Waals surface area contributed by atoms with Crippen LogP contribution in [-0.4, -0.2) is 31.1 Å². The molecule has 0 spiro atoms. The molecule has 4 aromatic rings. The molecule has 0 saturated carbocycles. The Morgan fingerprint density at radius 3 is 2.37 bits per heavy atom. The van der Waals surface area contributed by atoms with Crippen LogP contribution in [0.15, 0.2) is 90.3 Å². The molecule has 194 valence electrons. The zero-order valence-electron chi connectivity index (χ0n) is 20.8. The predicted molar refractivity (Wildman–Crippen MR) is 150 cm³/mol. The number of carbonyl (C=O) groups excluding carboxylic acids is 3. The van der Waals surface area contributed by atoms with Gasteiger partial charge >= 0.3 is 6.09 Å². The Kier molecular flexibility index (Phi) is 8.73. The van der Waals surface area contributed by atoms with Crippen LogP contribution in [0.5, 0.6) is 0 Å². The van der Waals surface area contributed by atoms with Crippen LogP contribution in [0.1, 0.15) is 21.5 Å². The number of amides is 3. The summed E-state index contributed by atoms with van der Waals surface area (Å²) in [5, 5.41) is 10.0. The summed E-state index contributed by atoms with van der Waals surface area (Å²) in [6.07, 6.45) is -1.58. The second kappa shape index (κ2) is 12.6. The topological polar surface area (TPSA) is 123 Å². The van der Waals surface area contributed by atoms with Crippen LogP contribution in [0.25, 0.3) is 10.4 Å². The minimum Gasteiger partial charge on any atom is -0.436 e. The van der Waals surface area contributed by atoms with E-state index in [9.17, 15) is 14.4 Å². The first-order valence-corrected chi connectivity index (χ1v) is 12.8. The molecule has 1 heterocycles. The van der Waals surface area contributed by atoms with Gasteiger partial charge in [0.25, 0.3) is 11.8 Å². The van der Waals surface area contributed by atoms with E-state index in [1.165, 1.54) is 7.05 Å². The van der Waals surface area contributed by atoms with Crippen molar-refractivity contribution in [3.8, 4) is 10.4 Å². The predicted octanol–water partition coefficient (Wildman–Crippen LogP) is 4.83. The van der Waals surface area contributed by atoms with E-state index in [2.05, 4.69) is 16.0 Å². The second-order valence-corrected chi connectivity index (χ2v) is 9.43. The molecule has 0 radical (unpaired) electrons. The lowest BCUT2D eigenvalue weighted by molar-refractivity contribution is -0.129. The van der Waals surface area contributed by atoms with E-state index in [1.807, 2.05) is 60.0 Å². The van der Waals surface area contributed by atoms with Crippen LogP contribution in [0.4, 0.5) is 16.2 Å². The third-order valence-corrected chi connectivity index (χ3v) is 6.73. The maximum absolute atomic E-state index is 12.9. The van der Waals surface area contributed by atoms with Crippen molar-refractivity contribution in [2.75, 3.05) is 18.1 Å². The van der Waals surface area contributed by atoms with Crippen molar-refractivity contribution in [3.05, 3.63) is 107 Å². The number of nitrogen functional groups attached to an aromatic ring is 1. The van der Waals surface area contributed by atoms with E-state index in [0.717, 1.165) is 21.6 Å². The smallest absolute Gasteiger partial charge is 0.408 e. The van der Waals surface area contributed by atoms with Gasteiger partial charge in [0.15, 0.2) is 6.10 Å². The molecule has 4 rings (SSSR count). The van der Waals surface area contributed by atoms with Gasteiger partial charge in [-0.15, -0.1) is 11.3 Å². The lowest BCUT2D eigenvalue weighted by atomic mass is 10.0. The normalized spacial score (nSPS) is 11.3. The van der Waals surface area contributed by atoms with Gasteiger partial charge in [-0.3, -0.25) is 9.59 Å². The first-order valence-electron chi connectivity index (χ1n) is 12.0. The van der Waals surface area contributed by atoms with E-state index in [-0.39, 0.29) is 18.9 Å². The van der Waals surface area contributed by atoms with Gasteiger partial charge in [0, 0.05) is 30.5 Å². The highest BCUT2D eigenvalue weighted by Crippen LogP contribution is 2.30. The van der Waals surface area contributed by atoms with Crippen molar-refractivity contribution in [1.29, 1.82) is 0 Å². The number of nitrogens with two attached hydrogens (primary N) is 1. The maximum atomic E-state index is 12.9. The monoisotopic (exact) mass is 528 g/mol.